The van der Waals surface area contributed by atoms with Crippen molar-refractivity contribution < 1.29 is 4.21 Å². The van der Waals surface area contributed by atoms with E-state index in [0.717, 1.165) is 30.5 Å². The second kappa shape index (κ2) is 5.62. The molecule has 0 aliphatic carbocycles. The molecule has 0 saturated carbocycles. The highest BCUT2D eigenvalue weighted by Gasteiger charge is 2.23. The summed E-state index contributed by atoms with van der Waals surface area (Å²) in [6, 6.07) is 7.50. The minimum atomic E-state index is -1.31. The molecule has 4 heterocycles. The lowest BCUT2D eigenvalue weighted by molar-refractivity contribution is 0.677. The summed E-state index contributed by atoms with van der Waals surface area (Å²) in [5.41, 5.74) is 3.04. The number of hydrogen-bond donors (Lipinski definition) is 1. The summed E-state index contributed by atoms with van der Waals surface area (Å²) in [6.07, 6.45) is 8.22. The second-order valence-electron chi connectivity index (χ2n) is 5.41. The molecule has 1 aliphatic rings. The monoisotopic (exact) mass is 312 g/mol. The third kappa shape index (κ3) is 2.24. The fourth-order valence-electron chi connectivity index (χ4n) is 2.97. The Labute approximate surface area is 131 Å². The van der Waals surface area contributed by atoms with Crippen molar-refractivity contribution in [2.24, 2.45) is 0 Å². The predicted molar refractivity (Wildman–Crippen MR) is 86.0 cm³/mol. The Morgan fingerprint density at radius 2 is 2.18 bits per heavy atom. The maximum absolute atomic E-state index is 12.9. The van der Waals surface area contributed by atoms with Crippen LogP contribution in [0, 0.1) is 0 Å². The van der Waals surface area contributed by atoms with E-state index in [2.05, 4.69) is 15.3 Å². The molecule has 1 fully saturated rings. The maximum Gasteiger partial charge on any atom is 0.158 e. The average molecular weight is 312 g/mol. The lowest BCUT2D eigenvalue weighted by atomic mass is 10.0. The summed E-state index contributed by atoms with van der Waals surface area (Å²) in [6.45, 7) is 1.98. The minimum absolute atomic E-state index is 0.435. The van der Waals surface area contributed by atoms with Crippen molar-refractivity contribution >= 4 is 22.0 Å². The molecule has 2 unspecified atom stereocenters. The second-order valence-corrected chi connectivity index (χ2v) is 6.77. The minimum Gasteiger partial charge on any atom is -0.316 e. The van der Waals surface area contributed by atoms with Crippen LogP contribution in [0.25, 0.3) is 11.0 Å². The zero-order valence-electron chi connectivity index (χ0n) is 12.0. The third-order valence-electron chi connectivity index (χ3n) is 4.07. The summed E-state index contributed by atoms with van der Waals surface area (Å²) in [5.74, 6) is 0.435. The van der Waals surface area contributed by atoms with Crippen molar-refractivity contribution in [1.29, 1.82) is 0 Å². The molecule has 2 atom stereocenters. The highest BCUT2D eigenvalue weighted by molar-refractivity contribution is 7.83. The van der Waals surface area contributed by atoms with Crippen LogP contribution in [0.3, 0.4) is 0 Å². The van der Waals surface area contributed by atoms with Gasteiger partial charge in [-0.2, -0.15) is 0 Å². The Hall–Kier alpha value is -2.05. The molecule has 4 rings (SSSR count). The van der Waals surface area contributed by atoms with Gasteiger partial charge in [0.2, 0.25) is 0 Å². The van der Waals surface area contributed by atoms with Gasteiger partial charge in [-0.15, -0.1) is 0 Å². The topological polar surface area (TPSA) is 59.8 Å². The summed E-state index contributed by atoms with van der Waals surface area (Å²) >= 11 is 0. The van der Waals surface area contributed by atoms with Crippen molar-refractivity contribution in [3.05, 3.63) is 54.6 Å². The molecule has 1 saturated heterocycles. The summed E-state index contributed by atoms with van der Waals surface area (Å²) in [5, 5.41) is 3.38. The molecular weight excluding hydrogens is 296 g/mol. The molecule has 3 aromatic rings. The zero-order valence-corrected chi connectivity index (χ0v) is 12.8. The van der Waals surface area contributed by atoms with E-state index in [1.807, 2.05) is 28.4 Å². The highest BCUT2D eigenvalue weighted by atomic mass is 32.2. The molecule has 0 amide bonds. The van der Waals surface area contributed by atoms with Crippen LogP contribution in [0.15, 0.2) is 53.9 Å². The van der Waals surface area contributed by atoms with Gasteiger partial charge in [0.1, 0.15) is 0 Å². The molecule has 0 radical (unpaired) electrons. The molecule has 1 aliphatic heterocycles. The average Bonchev–Trinajstić information content (AvgIpc) is 3.22. The lowest BCUT2D eigenvalue weighted by Crippen LogP contribution is -2.08. The van der Waals surface area contributed by atoms with Crippen LogP contribution in [-0.4, -0.2) is 31.2 Å². The number of fused-ring (bicyclic) bond motifs is 1. The number of aromatic nitrogens is 3. The van der Waals surface area contributed by atoms with E-state index >= 15 is 0 Å². The number of rotatable bonds is 3. The lowest BCUT2D eigenvalue weighted by Gasteiger charge is -2.05. The van der Waals surface area contributed by atoms with E-state index in [0.29, 0.717) is 10.8 Å². The Morgan fingerprint density at radius 3 is 2.95 bits per heavy atom. The first-order valence-electron chi connectivity index (χ1n) is 7.33. The fraction of sp³-hybridized carbons (Fsp3) is 0.250. The zero-order chi connectivity index (χ0) is 14.9. The van der Waals surface area contributed by atoms with E-state index in [9.17, 15) is 4.21 Å². The van der Waals surface area contributed by atoms with Gasteiger partial charge in [0, 0.05) is 42.8 Å². The third-order valence-corrected chi connectivity index (χ3v) is 5.37. The molecule has 0 spiro atoms. The smallest absolute Gasteiger partial charge is 0.158 e. The van der Waals surface area contributed by atoms with Gasteiger partial charge in [-0.1, -0.05) is 0 Å². The standard InChI is InChI=1S/C16H16N4OS/c21-22(13-3-1-6-17-10-13)20-11-14(12-5-8-18-9-12)16-15(20)4-2-7-19-16/h1-4,6-7,10-12,18H,5,8-9H2. The van der Waals surface area contributed by atoms with E-state index in [4.69, 9.17) is 0 Å². The van der Waals surface area contributed by atoms with Gasteiger partial charge in [-0.25, -0.2) is 4.21 Å². The number of pyridine rings is 2. The van der Waals surface area contributed by atoms with Gasteiger partial charge in [0.25, 0.3) is 0 Å². The van der Waals surface area contributed by atoms with Crippen molar-refractivity contribution in [3.63, 3.8) is 0 Å². The van der Waals surface area contributed by atoms with Crippen molar-refractivity contribution in [1.82, 2.24) is 19.3 Å². The summed E-state index contributed by atoms with van der Waals surface area (Å²) in [7, 11) is -1.31. The van der Waals surface area contributed by atoms with Crippen LogP contribution in [0.4, 0.5) is 0 Å². The summed E-state index contributed by atoms with van der Waals surface area (Å²) in [4.78, 5) is 9.28. The van der Waals surface area contributed by atoms with Crippen LogP contribution in [0.5, 0.6) is 0 Å². The number of nitrogens with one attached hydrogen (secondary N) is 1. The molecule has 0 bridgehead atoms. The van der Waals surface area contributed by atoms with Crippen molar-refractivity contribution in [2.75, 3.05) is 13.1 Å². The molecule has 6 heteroatoms. The van der Waals surface area contributed by atoms with E-state index < -0.39 is 11.0 Å². The summed E-state index contributed by atoms with van der Waals surface area (Å²) < 4.78 is 14.7. The van der Waals surface area contributed by atoms with Gasteiger partial charge in [-0.05, 0) is 37.2 Å². The van der Waals surface area contributed by atoms with Crippen LogP contribution < -0.4 is 5.32 Å². The van der Waals surface area contributed by atoms with E-state index in [1.54, 1.807) is 24.7 Å². The van der Waals surface area contributed by atoms with E-state index in [1.165, 1.54) is 5.56 Å². The van der Waals surface area contributed by atoms with Gasteiger partial charge in [0.15, 0.2) is 11.0 Å². The highest BCUT2D eigenvalue weighted by Crippen LogP contribution is 2.31. The van der Waals surface area contributed by atoms with Crippen LogP contribution in [0.2, 0.25) is 0 Å². The number of hydrogen-bond acceptors (Lipinski definition) is 4. The Balaban J connectivity index is 1.86. The maximum atomic E-state index is 12.9. The van der Waals surface area contributed by atoms with Crippen molar-refractivity contribution in [3.8, 4) is 0 Å². The van der Waals surface area contributed by atoms with Crippen LogP contribution in [0.1, 0.15) is 17.9 Å². The first kappa shape index (κ1) is 13.6. The normalized spacial score (nSPS) is 19.5. The molecule has 112 valence electrons. The Kier molecular flexibility index (Phi) is 3.48. The molecule has 1 N–H and O–H groups in total. The fourth-order valence-corrected chi connectivity index (χ4v) is 4.08. The van der Waals surface area contributed by atoms with Gasteiger partial charge in [0.05, 0.1) is 15.9 Å². The van der Waals surface area contributed by atoms with Gasteiger partial charge >= 0.3 is 0 Å². The molecular formula is C16H16N4OS. The SMILES string of the molecule is O=S(c1cccnc1)n1cc(C2CCNC2)c2ncccc21. The first-order valence-corrected chi connectivity index (χ1v) is 8.44. The van der Waals surface area contributed by atoms with Crippen LogP contribution in [-0.2, 0) is 11.0 Å². The molecule has 0 aromatic carbocycles. The Morgan fingerprint density at radius 1 is 1.27 bits per heavy atom. The predicted octanol–water partition coefficient (Wildman–Crippen LogP) is 2.08. The largest absolute Gasteiger partial charge is 0.316 e. The van der Waals surface area contributed by atoms with Crippen LogP contribution >= 0.6 is 0 Å². The van der Waals surface area contributed by atoms with E-state index in [-0.39, 0.29) is 0 Å². The molecule has 22 heavy (non-hydrogen) atoms. The van der Waals surface area contributed by atoms with Gasteiger partial charge in [-0.3, -0.25) is 13.9 Å². The quantitative estimate of drug-likeness (QED) is 0.804. The first-order chi connectivity index (χ1) is 10.8. The number of nitrogens with zero attached hydrogens (tertiary/aromatic N) is 3. The molecule has 3 aromatic heterocycles. The molecule has 5 nitrogen and oxygen atoms in total. The van der Waals surface area contributed by atoms with Gasteiger partial charge < -0.3 is 5.32 Å². The van der Waals surface area contributed by atoms with Crippen molar-refractivity contribution in [2.45, 2.75) is 17.2 Å². The Bertz CT molecular complexity index is 825.